The van der Waals surface area contributed by atoms with Crippen LogP contribution in [0.1, 0.15) is 52.4 Å². The van der Waals surface area contributed by atoms with Gasteiger partial charge in [0.2, 0.25) is 11.8 Å². The highest BCUT2D eigenvalue weighted by Crippen LogP contribution is 2.36. The van der Waals surface area contributed by atoms with Gasteiger partial charge in [-0.05, 0) is 26.2 Å². The number of amides is 2. The Bertz CT molecular complexity index is 364. The predicted octanol–water partition coefficient (Wildman–Crippen LogP) is 1.46. The second-order valence-electron chi connectivity index (χ2n) is 5.89. The highest BCUT2D eigenvalue weighted by Gasteiger charge is 2.51. The maximum Gasteiger partial charge on any atom is 0.246 e. The molecule has 1 aliphatic heterocycles. The van der Waals surface area contributed by atoms with E-state index in [1.54, 1.807) is 11.8 Å². The summed E-state index contributed by atoms with van der Waals surface area (Å²) in [4.78, 5) is 26.7. The van der Waals surface area contributed by atoms with Crippen molar-refractivity contribution in [2.75, 3.05) is 19.8 Å². The first-order valence-corrected chi connectivity index (χ1v) is 7.82. The van der Waals surface area contributed by atoms with Gasteiger partial charge in [-0.2, -0.15) is 0 Å². The molecule has 2 amide bonds. The van der Waals surface area contributed by atoms with Crippen molar-refractivity contribution in [2.45, 2.75) is 64.0 Å². The lowest BCUT2D eigenvalue weighted by Crippen LogP contribution is -2.70. The smallest absolute Gasteiger partial charge is 0.246 e. The van der Waals surface area contributed by atoms with Crippen LogP contribution in [0.4, 0.5) is 0 Å². The molecule has 1 saturated carbocycles. The molecule has 5 heteroatoms. The van der Waals surface area contributed by atoms with Crippen LogP contribution in [0.15, 0.2) is 0 Å². The Morgan fingerprint density at radius 1 is 1.25 bits per heavy atom. The normalized spacial score (nSPS) is 25.9. The van der Waals surface area contributed by atoms with E-state index in [0.717, 1.165) is 38.5 Å². The maximum absolute atomic E-state index is 12.5. The summed E-state index contributed by atoms with van der Waals surface area (Å²) in [5.41, 5.74) is -0.614. The largest absolute Gasteiger partial charge is 0.380 e. The predicted molar refractivity (Wildman–Crippen MR) is 76.2 cm³/mol. The molecule has 1 aliphatic carbocycles. The van der Waals surface area contributed by atoms with Crippen molar-refractivity contribution in [3.8, 4) is 0 Å². The van der Waals surface area contributed by atoms with Crippen molar-refractivity contribution in [3.63, 3.8) is 0 Å². The SMILES string of the molecule is CCCOCCN1C(=O)C(C)NC(=O)C12CCCCC2. The molecule has 2 fully saturated rings. The summed E-state index contributed by atoms with van der Waals surface area (Å²) in [6.07, 6.45) is 5.72. The second kappa shape index (κ2) is 6.57. The molecular weight excluding hydrogens is 256 g/mol. The molecule has 2 rings (SSSR count). The molecule has 1 heterocycles. The van der Waals surface area contributed by atoms with E-state index >= 15 is 0 Å². The number of hydrogen-bond acceptors (Lipinski definition) is 3. The Morgan fingerprint density at radius 3 is 2.60 bits per heavy atom. The Balaban J connectivity index is 2.11. The molecule has 0 aromatic carbocycles. The zero-order valence-corrected chi connectivity index (χ0v) is 12.6. The van der Waals surface area contributed by atoms with Crippen LogP contribution < -0.4 is 5.32 Å². The van der Waals surface area contributed by atoms with Crippen LogP contribution in [0.3, 0.4) is 0 Å². The minimum Gasteiger partial charge on any atom is -0.380 e. The summed E-state index contributed by atoms with van der Waals surface area (Å²) in [7, 11) is 0. The number of hydrogen-bond donors (Lipinski definition) is 1. The standard InChI is InChI=1S/C15H26N2O3/c1-3-10-20-11-9-17-13(18)12(2)16-14(19)15(17)7-5-4-6-8-15/h12H,3-11H2,1-2H3,(H,16,19). The molecule has 1 saturated heterocycles. The third-order valence-corrected chi connectivity index (χ3v) is 4.41. The zero-order valence-electron chi connectivity index (χ0n) is 12.6. The highest BCUT2D eigenvalue weighted by atomic mass is 16.5. The molecule has 2 aliphatic rings. The molecule has 0 aromatic heterocycles. The first-order chi connectivity index (χ1) is 9.62. The van der Waals surface area contributed by atoms with Gasteiger partial charge in [0.15, 0.2) is 0 Å². The number of piperazine rings is 1. The van der Waals surface area contributed by atoms with Gasteiger partial charge in [0.1, 0.15) is 11.6 Å². The van der Waals surface area contributed by atoms with Gasteiger partial charge in [0, 0.05) is 13.2 Å². The first kappa shape index (κ1) is 15.3. The lowest BCUT2D eigenvalue weighted by atomic mass is 9.77. The van der Waals surface area contributed by atoms with Crippen LogP contribution >= 0.6 is 0 Å². The second-order valence-corrected chi connectivity index (χ2v) is 5.89. The molecule has 0 radical (unpaired) electrons. The quantitative estimate of drug-likeness (QED) is 0.777. The number of carbonyl (C=O) groups excluding carboxylic acids is 2. The van der Waals surface area contributed by atoms with Crippen LogP contribution in [0, 0.1) is 0 Å². The number of nitrogens with one attached hydrogen (secondary N) is 1. The van der Waals surface area contributed by atoms with Gasteiger partial charge in [-0.3, -0.25) is 9.59 Å². The number of nitrogens with zero attached hydrogens (tertiary/aromatic N) is 1. The summed E-state index contributed by atoms with van der Waals surface area (Å²) in [6.45, 7) is 5.56. The van der Waals surface area contributed by atoms with E-state index in [1.807, 2.05) is 0 Å². The van der Waals surface area contributed by atoms with Gasteiger partial charge in [-0.1, -0.05) is 26.2 Å². The van der Waals surface area contributed by atoms with Crippen molar-refractivity contribution in [3.05, 3.63) is 0 Å². The van der Waals surface area contributed by atoms with Crippen LogP contribution in [-0.2, 0) is 14.3 Å². The zero-order chi connectivity index (χ0) is 14.6. The monoisotopic (exact) mass is 282 g/mol. The van der Waals surface area contributed by atoms with E-state index < -0.39 is 11.6 Å². The summed E-state index contributed by atoms with van der Waals surface area (Å²) in [6, 6.07) is -0.416. The minimum atomic E-state index is -0.614. The van der Waals surface area contributed by atoms with Gasteiger partial charge < -0.3 is 15.0 Å². The first-order valence-electron chi connectivity index (χ1n) is 7.82. The highest BCUT2D eigenvalue weighted by molar-refractivity contribution is 5.99. The van der Waals surface area contributed by atoms with Gasteiger partial charge in [0.25, 0.3) is 0 Å². The molecule has 0 bridgehead atoms. The summed E-state index contributed by atoms with van der Waals surface area (Å²) >= 11 is 0. The molecule has 114 valence electrons. The fourth-order valence-corrected chi connectivity index (χ4v) is 3.32. The molecular formula is C15H26N2O3. The van der Waals surface area contributed by atoms with E-state index in [2.05, 4.69) is 12.2 Å². The lowest BCUT2D eigenvalue weighted by Gasteiger charge is -2.49. The van der Waals surface area contributed by atoms with Crippen LogP contribution in [0.25, 0.3) is 0 Å². The van der Waals surface area contributed by atoms with Crippen molar-refractivity contribution >= 4 is 11.8 Å². The average molecular weight is 282 g/mol. The minimum absolute atomic E-state index is 0.0276. The Hall–Kier alpha value is -1.10. The third-order valence-electron chi connectivity index (χ3n) is 4.41. The van der Waals surface area contributed by atoms with E-state index in [1.165, 1.54) is 0 Å². The van der Waals surface area contributed by atoms with Gasteiger partial charge >= 0.3 is 0 Å². The molecule has 0 aromatic rings. The van der Waals surface area contributed by atoms with Crippen molar-refractivity contribution in [2.24, 2.45) is 0 Å². The maximum atomic E-state index is 12.5. The molecule has 1 spiro atoms. The topological polar surface area (TPSA) is 58.6 Å². The Labute approximate surface area is 121 Å². The molecule has 20 heavy (non-hydrogen) atoms. The number of ether oxygens (including phenoxy) is 1. The van der Waals surface area contributed by atoms with Crippen molar-refractivity contribution in [1.82, 2.24) is 10.2 Å². The molecule has 1 atom stereocenters. The molecule has 1 N–H and O–H groups in total. The van der Waals surface area contributed by atoms with Gasteiger partial charge in [-0.25, -0.2) is 0 Å². The number of carbonyl (C=O) groups is 2. The molecule has 5 nitrogen and oxygen atoms in total. The Morgan fingerprint density at radius 2 is 1.95 bits per heavy atom. The van der Waals surface area contributed by atoms with Crippen molar-refractivity contribution in [1.29, 1.82) is 0 Å². The molecule has 1 unspecified atom stereocenters. The third kappa shape index (κ3) is 2.82. The van der Waals surface area contributed by atoms with Crippen LogP contribution in [-0.4, -0.2) is 48.1 Å². The summed E-state index contributed by atoms with van der Waals surface area (Å²) in [5, 5.41) is 2.85. The van der Waals surface area contributed by atoms with E-state index in [4.69, 9.17) is 4.74 Å². The van der Waals surface area contributed by atoms with Crippen LogP contribution in [0.5, 0.6) is 0 Å². The van der Waals surface area contributed by atoms with E-state index in [0.29, 0.717) is 19.8 Å². The lowest BCUT2D eigenvalue weighted by molar-refractivity contribution is -0.160. The fraction of sp³-hybridized carbons (Fsp3) is 0.867. The Kier molecular flexibility index (Phi) is 5.02. The number of rotatable bonds is 5. The summed E-state index contributed by atoms with van der Waals surface area (Å²) in [5.74, 6) is 0.0615. The van der Waals surface area contributed by atoms with Crippen molar-refractivity contribution < 1.29 is 14.3 Å². The average Bonchev–Trinajstić information content (AvgIpc) is 2.46. The van der Waals surface area contributed by atoms with Crippen LogP contribution in [0.2, 0.25) is 0 Å². The fourth-order valence-electron chi connectivity index (χ4n) is 3.32. The summed E-state index contributed by atoms with van der Waals surface area (Å²) < 4.78 is 5.51. The van der Waals surface area contributed by atoms with E-state index in [-0.39, 0.29) is 11.8 Å². The van der Waals surface area contributed by atoms with Gasteiger partial charge in [0.05, 0.1) is 6.61 Å². The van der Waals surface area contributed by atoms with Gasteiger partial charge in [-0.15, -0.1) is 0 Å². The van der Waals surface area contributed by atoms with E-state index in [9.17, 15) is 9.59 Å².